The summed E-state index contributed by atoms with van der Waals surface area (Å²) < 4.78 is 5.51. The van der Waals surface area contributed by atoms with Crippen LogP contribution in [-0.4, -0.2) is 13.7 Å². The van der Waals surface area contributed by atoms with Gasteiger partial charge in [-0.1, -0.05) is 54.4 Å². The van der Waals surface area contributed by atoms with Crippen LogP contribution in [0, 0.1) is 13.8 Å². The number of benzene rings is 2. The predicted molar refractivity (Wildman–Crippen MR) is 89.0 cm³/mol. The maximum Gasteiger partial charge on any atom is 0.122 e. The van der Waals surface area contributed by atoms with Crippen molar-refractivity contribution >= 4 is 0 Å². The second-order valence-electron chi connectivity index (χ2n) is 5.54. The second kappa shape index (κ2) is 7.28. The van der Waals surface area contributed by atoms with Gasteiger partial charge >= 0.3 is 0 Å². The van der Waals surface area contributed by atoms with Crippen molar-refractivity contribution in [3.05, 3.63) is 64.7 Å². The second-order valence-corrected chi connectivity index (χ2v) is 5.54. The fraction of sp³-hybridized carbons (Fsp3) is 0.368. The van der Waals surface area contributed by atoms with E-state index in [9.17, 15) is 0 Å². The summed E-state index contributed by atoms with van der Waals surface area (Å²) in [5.74, 6) is 0.968. The van der Waals surface area contributed by atoms with Crippen LogP contribution in [0.3, 0.4) is 0 Å². The molecule has 2 rings (SSSR count). The van der Waals surface area contributed by atoms with E-state index in [1.807, 2.05) is 0 Å². The third-order valence-electron chi connectivity index (χ3n) is 3.79. The highest BCUT2D eigenvalue weighted by atomic mass is 16.5. The molecule has 0 aliphatic heterocycles. The van der Waals surface area contributed by atoms with Gasteiger partial charge in [0.2, 0.25) is 0 Å². The van der Waals surface area contributed by atoms with Gasteiger partial charge in [-0.2, -0.15) is 0 Å². The molecule has 0 bridgehead atoms. The lowest BCUT2D eigenvalue weighted by atomic mass is 9.96. The molecule has 2 nitrogen and oxygen atoms in total. The van der Waals surface area contributed by atoms with E-state index in [2.05, 4.69) is 68.6 Å². The largest absolute Gasteiger partial charge is 0.496 e. The number of aryl methyl sites for hydroxylation is 2. The van der Waals surface area contributed by atoms with E-state index in [4.69, 9.17) is 4.74 Å². The Balaban J connectivity index is 2.27. The van der Waals surface area contributed by atoms with Crippen molar-refractivity contribution in [1.82, 2.24) is 5.32 Å². The summed E-state index contributed by atoms with van der Waals surface area (Å²) in [6.07, 6.45) is 0.932. The summed E-state index contributed by atoms with van der Waals surface area (Å²) in [6.45, 7) is 7.34. The Morgan fingerprint density at radius 1 is 1.00 bits per heavy atom. The number of rotatable bonds is 6. The number of likely N-dealkylation sites (N-methyl/N-ethyl adjacent to an activating group) is 1. The molecule has 0 fully saturated rings. The topological polar surface area (TPSA) is 21.3 Å². The normalized spacial score (nSPS) is 12.2. The SMILES string of the molecule is CCNC(Cc1cc(C)ccc1OC)c1ccc(C)cc1. The van der Waals surface area contributed by atoms with Crippen LogP contribution < -0.4 is 10.1 Å². The van der Waals surface area contributed by atoms with Crippen molar-refractivity contribution in [3.63, 3.8) is 0 Å². The Labute approximate surface area is 128 Å². The molecule has 2 aromatic rings. The monoisotopic (exact) mass is 283 g/mol. The molecule has 2 aromatic carbocycles. The molecule has 0 saturated carbocycles. The van der Waals surface area contributed by atoms with Gasteiger partial charge in [-0.3, -0.25) is 0 Å². The van der Waals surface area contributed by atoms with Crippen molar-refractivity contribution in [2.45, 2.75) is 33.2 Å². The number of methoxy groups -OCH3 is 1. The molecule has 0 aromatic heterocycles. The van der Waals surface area contributed by atoms with Crippen LogP contribution in [0.2, 0.25) is 0 Å². The third kappa shape index (κ3) is 4.08. The Bertz CT molecular complexity index is 575. The highest BCUT2D eigenvalue weighted by Gasteiger charge is 2.14. The van der Waals surface area contributed by atoms with Gasteiger partial charge in [-0.05, 0) is 44.0 Å². The van der Waals surface area contributed by atoms with Gasteiger partial charge in [0.1, 0.15) is 5.75 Å². The third-order valence-corrected chi connectivity index (χ3v) is 3.79. The fourth-order valence-electron chi connectivity index (χ4n) is 2.64. The van der Waals surface area contributed by atoms with E-state index in [-0.39, 0.29) is 0 Å². The minimum absolute atomic E-state index is 0.311. The van der Waals surface area contributed by atoms with Gasteiger partial charge in [0, 0.05) is 6.04 Å². The molecule has 1 unspecified atom stereocenters. The van der Waals surface area contributed by atoms with Gasteiger partial charge in [-0.25, -0.2) is 0 Å². The molecule has 1 N–H and O–H groups in total. The molecule has 0 aliphatic carbocycles. The lowest BCUT2D eigenvalue weighted by molar-refractivity contribution is 0.405. The van der Waals surface area contributed by atoms with E-state index >= 15 is 0 Å². The van der Waals surface area contributed by atoms with Crippen LogP contribution in [0.1, 0.15) is 35.2 Å². The minimum atomic E-state index is 0.311. The molecule has 0 heterocycles. The Hall–Kier alpha value is -1.80. The maximum atomic E-state index is 5.51. The molecular formula is C19H25NO. The summed E-state index contributed by atoms with van der Waals surface area (Å²) in [5, 5.41) is 3.58. The van der Waals surface area contributed by atoms with Gasteiger partial charge in [0.15, 0.2) is 0 Å². The minimum Gasteiger partial charge on any atom is -0.496 e. The summed E-state index contributed by atoms with van der Waals surface area (Å²) in [6, 6.07) is 15.5. The van der Waals surface area contributed by atoms with E-state index < -0.39 is 0 Å². The fourth-order valence-corrected chi connectivity index (χ4v) is 2.64. The molecule has 0 amide bonds. The van der Waals surface area contributed by atoms with E-state index in [1.54, 1.807) is 7.11 Å². The molecule has 0 radical (unpaired) electrons. The zero-order chi connectivity index (χ0) is 15.2. The first kappa shape index (κ1) is 15.6. The quantitative estimate of drug-likeness (QED) is 0.857. The van der Waals surface area contributed by atoms with Crippen LogP contribution in [0.5, 0.6) is 5.75 Å². The first-order valence-electron chi connectivity index (χ1n) is 7.57. The van der Waals surface area contributed by atoms with Gasteiger partial charge in [-0.15, -0.1) is 0 Å². The van der Waals surface area contributed by atoms with Crippen LogP contribution in [0.4, 0.5) is 0 Å². The maximum absolute atomic E-state index is 5.51. The standard InChI is InChI=1S/C19H25NO/c1-5-20-18(16-9-6-14(2)7-10-16)13-17-12-15(3)8-11-19(17)21-4/h6-12,18,20H,5,13H2,1-4H3. The van der Waals surface area contributed by atoms with Crippen LogP contribution in [0.15, 0.2) is 42.5 Å². The average molecular weight is 283 g/mol. The zero-order valence-corrected chi connectivity index (χ0v) is 13.4. The van der Waals surface area contributed by atoms with Crippen LogP contribution in [-0.2, 0) is 6.42 Å². The first-order chi connectivity index (χ1) is 10.1. The number of hydrogen-bond donors (Lipinski definition) is 1. The zero-order valence-electron chi connectivity index (χ0n) is 13.4. The average Bonchev–Trinajstić information content (AvgIpc) is 2.48. The number of ether oxygens (including phenoxy) is 1. The highest BCUT2D eigenvalue weighted by Crippen LogP contribution is 2.26. The van der Waals surface area contributed by atoms with Crippen molar-refractivity contribution in [1.29, 1.82) is 0 Å². The van der Waals surface area contributed by atoms with Crippen molar-refractivity contribution in [3.8, 4) is 5.75 Å². The molecule has 21 heavy (non-hydrogen) atoms. The van der Waals surface area contributed by atoms with Crippen LogP contribution >= 0.6 is 0 Å². The van der Waals surface area contributed by atoms with Crippen molar-refractivity contribution < 1.29 is 4.74 Å². The van der Waals surface area contributed by atoms with E-state index in [0.717, 1.165) is 18.7 Å². The summed E-state index contributed by atoms with van der Waals surface area (Å²) >= 11 is 0. The highest BCUT2D eigenvalue weighted by molar-refractivity contribution is 5.38. The summed E-state index contributed by atoms with van der Waals surface area (Å²) in [5.41, 5.74) is 5.14. The Morgan fingerprint density at radius 2 is 1.67 bits per heavy atom. The smallest absolute Gasteiger partial charge is 0.122 e. The van der Waals surface area contributed by atoms with Crippen LogP contribution in [0.25, 0.3) is 0 Å². The number of nitrogens with one attached hydrogen (secondary N) is 1. The molecule has 0 aliphatic rings. The molecule has 0 spiro atoms. The lowest BCUT2D eigenvalue weighted by Gasteiger charge is -2.20. The van der Waals surface area contributed by atoms with Crippen molar-refractivity contribution in [2.75, 3.05) is 13.7 Å². The van der Waals surface area contributed by atoms with Crippen molar-refractivity contribution in [2.24, 2.45) is 0 Å². The molecule has 1 atom stereocenters. The van der Waals surface area contributed by atoms with Gasteiger partial charge in [0.05, 0.1) is 7.11 Å². The molecule has 2 heteroatoms. The predicted octanol–water partition coefficient (Wildman–Crippen LogP) is 4.21. The summed E-state index contributed by atoms with van der Waals surface area (Å²) in [4.78, 5) is 0. The molecule has 0 saturated heterocycles. The number of hydrogen-bond acceptors (Lipinski definition) is 2. The molecular weight excluding hydrogens is 258 g/mol. The van der Waals surface area contributed by atoms with Gasteiger partial charge < -0.3 is 10.1 Å². The van der Waals surface area contributed by atoms with E-state index in [0.29, 0.717) is 6.04 Å². The Morgan fingerprint density at radius 3 is 2.29 bits per heavy atom. The Kier molecular flexibility index (Phi) is 5.40. The summed E-state index contributed by atoms with van der Waals surface area (Å²) in [7, 11) is 1.74. The molecule has 112 valence electrons. The first-order valence-corrected chi connectivity index (χ1v) is 7.57. The van der Waals surface area contributed by atoms with E-state index in [1.165, 1.54) is 22.3 Å². The van der Waals surface area contributed by atoms with Gasteiger partial charge in [0.25, 0.3) is 0 Å². The lowest BCUT2D eigenvalue weighted by Crippen LogP contribution is -2.23.